The molecule has 2 aliphatic rings. The maximum absolute atomic E-state index is 12.5. The van der Waals surface area contributed by atoms with E-state index < -0.39 is 0 Å². The number of likely N-dealkylation sites (tertiary alicyclic amines) is 1. The Morgan fingerprint density at radius 2 is 1.89 bits per heavy atom. The fourth-order valence-electron chi connectivity index (χ4n) is 4.45. The number of unbranched alkanes of at least 4 members (excludes halogenated alkanes) is 1. The number of rotatable bonds is 5. The summed E-state index contributed by atoms with van der Waals surface area (Å²) in [4.78, 5) is 14.3. The number of carbonyl (C=O) groups excluding carboxylic acids is 1. The second kappa shape index (κ2) is 8.26. The van der Waals surface area contributed by atoms with Crippen LogP contribution in [0.3, 0.4) is 0 Å². The van der Waals surface area contributed by atoms with Crippen LogP contribution in [0.25, 0.3) is 0 Å². The second-order valence-electron chi connectivity index (χ2n) is 8.14. The fourth-order valence-corrected chi connectivity index (χ4v) is 4.45. The van der Waals surface area contributed by atoms with Gasteiger partial charge in [0.1, 0.15) is 6.61 Å². The number of ether oxygens (including phenoxy) is 1. The third-order valence-corrected chi connectivity index (χ3v) is 6.28. The zero-order valence-electron chi connectivity index (χ0n) is 16.7. The Labute approximate surface area is 167 Å². The average molecular weight is 379 g/mol. The number of anilines is 1. The molecule has 4 rings (SSSR count). The maximum Gasteiger partial charge on any atom is 0.410 e. The Hall–Kier alpha value is -2.49. The molecule has 148 valence electrons. The summed E-state index contributed by atoms with van der Waals surface area (Å²) in [5.41, 5.74) is 5.36. The minimum Gasteiger partial charge on any atom is -0.445 e. The van der Waals surface area contributed by atoms with E-state index in [1.807, 2.05) is 35.2 Å². The third-order valence-electron chi connectivity index (χ3n) is 6.28. The number of piperidine rings is 1. The largest absolute Gasteiger partial charge is 0.445 e. The Morgan fingerprint density at radius 3 is 2.64 bits per heavy atom. The van der Waals surface area contributed by atoms with Crippen LogP contribution in [0.4, 0.5) is 10.5 Å². The van der Waals surface area contributed by atoms with Crippen molar-refractivity contribution in [2.75, 3.05) is 25.0 Å². The first-order valence-corrected chi connectivity index (χ1v) is 10.5. The summed E-state index contributed by atoms with van der Waals surface area (Å²) < 4.78 is 5.52. The highest BCUT2D eigenvalue weighted by Crippen LogP contribution is 2.44. The molecule has 28 heavy (non-hydrogen) atoms. The van der Waals surface area contributed by atoms with Gasteiger partial charge in [0.25, 0.3) is 0 Å². The van der Waals surface area contributed by atoms with E-state index in [4.69, 9.17) is 4.74 Å². The first-order chi connectivity index (χ1) is 13.7. The van der Waals surface area contributed by atoms with Crippen LogP contribution >= 0.6 is 0 Å². The summed E-state index contributed by atoms with van der Waals surface area (Å²) in [6.07, 6.45) is 5.40. The molecule has 0 aromatic heterocycles. The van der Waals surface area contributed by atoms with Crippen molar-refractivity contribution in [3.63, 3.8) is 0 Å². The van der Waals surface area contributed by atoms with Crippen molar-refractivity contribution < 1.29 is 9.53 Å². The van der Waals surface area contributed by atoms with Crippen molar-refractivity contribution in [1.29, 1.82) is 0 Å². The van der Waals surface area contributed by atoms with Gasteiger partial charge in [-0.25, -0.2) is 4.79 Å². The second-order valence-corrected chi connectivity index (χ2v) is 8.14. The van der Waals surface area contributed by atoms with E-state index in [0.717, 1.165) is 44.5 Å². The number of hydrogen-bond donors (Lipinski definition) is 1. The molecule has 2 aromatic carbocycles. The molecule has 2 heterocycles. The van der Waals surface area contributed by atoms with Crippen molar-refractivity contribution in [1.82, 2.24) is 4.90 Å². The van der Waals surface area contributed by atoms with Crippen molar-refractivity contribution in [3.05, 3.63) is 65.2 Å². The molecule has 0 atom stereocenters. The van der Waals surface area contributed by atoms with E-state index in [0.29, 0.717) is 6.61 Å². The molecule has 2 aromatic rings. The lowest BCUT2D eigenvalue weighted by molar-refractivity contribution is 0.0794. The van der Waals surface area contributed by atoms with Crippen LogP contribution in [-0.2, 0) is 23.2 Å². The third kappa shape index (κ3) is 3.87. The van der Waals surface area contributed by atoms with Crippen molar-refractivity contribution in [2.24, 2.45) is 0 Å². The smallest absolute Gasteiger partial charge is 0.410 e. The molecule has 1 N–H and O–H groups in total. The minimum absolute atomic E-state index is 0.160. The Balaban J connectivity index is 1.37. The molecule has 0 aliphatic carbocycles. The van der Waals surface area contributed by atoms with Crippen LogP contribution < -0.4 is 5.32 Å². The van der Waals surface area contributed by atoms with Gasteiger partial charge in [-0.15, -0.1) is 0 Å². The minimum atomic E-state index is -0.193. The van der Waals surface area contributed by atoms with E-state index in [1.54, 1.807) is 0 Å². The molecule has 0 radical (unpaired) electrons. The predicted molar refractivity (Wildman–Crippen MR) is 113 cm³/mol. The molecule has 1 fully saturated rings. The summed E-state index contributed by atoms with van der Waals surface area (Å²) in [6, 6.07) is 16.8. The number of benzene rings is 2. The van der Waals surface area contributed by atoms with Gasteiger partial charge in [0.2, 0.25) is 0 Å². The van der Waals surface area contributed by atoms with Gasteiger partial charge < -0.3 is 15.0 Å². The van der Waals surface area contributed by atoms with Crippen LogP contribution in [0.5, 0.6) is 0 Å². The van der Waals surface area contributed by atoms with Gasteiger partial charge in [-0.1, -0.05) is 55.8 Å². The van der Waals surface area contributed by atoms with Gasteiger partial charge in [0.15, 0.2) is 0 Å². The first kappa shape index (κ1) is 18.9. The number of amides is 1. The lowest BCUT2D eigenvalue weighted by atomic mass is 9.74. The van der Waals surface area contributed by atoms with Gasteiger partial charge >= 0.3 is 6.09 Å². The molecule has 0 unspecified atom stereocenters. The molecular formula is C24H30N2O2. The monoisotopic (exact) mass is 378 g/mol. The van der Waals surface area contributed by atoms with E-state index in [9.17, 15) is 4.79 Å². The highest BCUT2D eigenvalue weighted by atomic mass is 16.6. The maximum atomic E-state index is 12.5. The van der Waals surface area contributed by atoms with E-state index in [-0.39, 0.29) is 11.5 Å². The number of nitrogens with one attached hydrogen (secondary N) is 1. The Morgan fingerprint density at radius 1 is 1.11 bits per heavy atom. The quantitative estimate of drug-likeness (QED) is 0.785. The number of aryl methyl sites for hydroxylation is 1. The SMILES string of the molecule is CCCCc1ccc2c(c1)C1(CCN(C(=O)OCc3ccccc3)CC1)CN2. The van der Waals surface area contributed by atoms with Gasteiger partial charge in [0.05, 0.1) is 0 Å². The Kier molecular flexibility index (Phi) is 5.56. The van der Waals surface area contributed by atoms with Gasteiger partial charge in [-0.2, -0.15) is 0 Å². The normalized spacial score (nSPS) is 17.2. The average Bonchev–Trinajstić information content (AvgIpc) is 3.09. The van der Waals surface area contributed by atoms with Crippen LogP contribution in [0.1, 0.15) is 49.3 Å². The summed E-state index contributed by atoms with van der Waals surface area (Å²) in [5, 5.41) is 3.60. The van der Waals surface area contributed by atoms with E-state index >= 15 is 0 Å². The van der Waals surface area contributed by atoms with Crippen LogP contribution in [0, 0.1) is 0 Å². The van der Waals surface area contributed by atoms with Gasteiger partial charge in [-0.05, 0) is 48.4 Å². The summed E-state index contributed by atoms with van der Waals surface area (Å²) in [5.74, 6) is 0. The molecule has 1 spiro atoms. The summed E-state index contributed by atoms with van der Waals surface area (Å²) in [7, 11) is 0. The van der Waals surface area contributed by atoms with Crippen molar-refractivity contribution >= 4 is 11.8 Å². The lowest BCUT2D eigenvalue weighted by Crippen LogP contribution is -2.46. The molecule has 0 bridgehead atoms. The molecule has 4 nitrogen and oxygen atoms in total. The zero-order valence-corrected chi connectivity index (χ0v) is 16.7. The van der Waals surface area contributed by atoms with Crippen LogP contribution in [-0.4, -0.2) is 30.6 Å². The number of carbonyl (C=O) groups is 1. The number of nitrogens with zero attached hydrogens (tertiary/aromatic N) is 1. The van der Waals surface area contributed by atoms with Crippen LogP contribution in [0.2, 0.25) is 0 Å². The molecule has 4 heteroatoms. The molecule has 1 saturated heterocycles. The molecule has 2 aliphatic heterocycles. The molecule has 0 saturated carbocycles. The Bertz CT molecular complexity index is 811. The molecule has 1 amide bonds. The van der Waals surface area contributed by atoms with Gasteiger partial charge in [-0.3, -0.25) is 0 Å². The number of fused-ring (bicyclic) bond motifs is 2. The predicted octanol–water partition coefficient (Wildman–Crippen LogP) is 5.13. The fraction of sp³-hybridized carbons (Fsp3) is 0.458. The zero-order chi connectivity index (χ0) is 19.4. The lowest BCUT2D eigenvalue weighted by Gasteiger charge is -2.39. The highest BCUT2D eigenvalue weighted by molar-refractivity contribution is 5.68. The number of hydrogen-bond acceptors (Lipinski definition) is 3. The van der Waals surface area contributed by atoms with Crippen LogP contribution in [0.15, 0.2) is 48.5 Å². The summed E-state index contributed by atoms with van der Waals surface area (Å²) >= 11 is 0. The standard InChI is InChI=1S/C24H30N2O2/c1-2-3-7-19-10-11-22-21(16-19)24(18-25-22)12-14-26(15-13-24)23(27)28-17-20-8-5-4-6-9-20/h4-6,8-11,16,25H,2-3,7,12-15,17-18H2,1H3. The summed E-state index contributed by atoms with van der Waals surface area (Å²) in [6.45, 7) is 5.07. The van der Waals surface area contributed by atoms with E-state index in [2.05, 4.69) is 30.4 Å². The van der Waals surface area contributed by atoms with Crippen molar-refractivity contribution in [2.45, 2.75) is 51.0 Å². The highest BCUT2D eigenvalue weighted by Gasteiger charge is 2.42. The van der Waals surface area contributed by atoms with Crippen molar-refractivity contribution in [3.8, 4) is 0 Å². The van der Waals surface area contributed by atoms with E-state index in [1.165, 1.54) is 29.7 Å². The molecular weight excluding hydrogens is 348 g/mol. The van der Waals surface area contributed by atoms with Gasteiger partial charge in [0, 0.05) is 30.7 Å². The first-order valence-electron chi connectivity index (χ1n) is 10.5. The topological polar surface area (TPSA) is 41.6 Å².